The summed E-state index contributed by atoms with van der Waals surface area (Å²) in [6.07, 6.45) is 5.23. The largest absolute Gasteiger partial charge is 0.311 e. The van der Waals surface area contributed by atoms with Crippen molar-refractivity contribution in [2.24, 2.45) is 17.6 Å². The molecule has 0 bridgehead atoms. The quantitative estimate of drug-likeness (QED) is 0.645. The van der Waals surface area contributed by atoms with Crippen molar-refractivity contribution in [3.05, 3.63) is 0 Å². The summed E-state index contributed by atoms with van der Waals surface area (Å²) < 4.78 is 0. The van der Waals surface area contributed by atoms with Gasteiger partial charge in [0.2, 0.25) is 5.12 Å². The van der Waals surface area contributed by atoms with Crippen LogP contribution in [0.2, 0.25) is 0 Å². The Labute approximate surface area is 98.3 Å². The fourth-order valence-electron chi connectivity index (χ4n) is 3.15. The topological polar surface area (TPSA) is 59.7 Å². The van der Waals surface area contributed by atoms with Crippen LogP contribution in [0.15, 0.2) is 0 Å². The summed E-state index contributed by atoms with van der Waals surface area (Å²) in [5, 5.41) is 3.71. The van der Waals surface area contributed by atoms with Crippen molar-refractivity contribution in [1.29, 1.82) is 0 Å². The van der Waals surface area contributed by atoms with Gasteiger partial charge in [-0.1, -0.05) is 24.6 Å². The highest BCUT2D eigenvalue weighted by Gasteiger charge is 2.53. The minimum Gasteiger partial charge on any atom is -0.311 e. The van der Waals surface area contributed by atoms with Gasteiger partial charge in [0.05, 0.1) is 5.92 Å². The van der Waals surface area contributed by atoms with Crippen LogP contribution >= 0.6 is 23.5 Å². The molecule has 3 aliphatic rings. The van der Waals surface area contributed by atoms with Crippen LogP contribution in [0.5, 0.6) is 0 Å². The average molecular weight is 245 g/mol. The first-order valence-electron chi connectivity index (χ1n) is 5.72. The lowest BCUT2D eigenvalue weighted by Gasteiger charge is -2.29. The number of fused-ring (bicyclic) bond motifs is 3. The van der Waals surface area contributed by atoms with Crippen LogP contribution in [0.4, 0.5) is 0 Å². The first-order valence-corrected chi connectivity index (χ1v) is 7.54. The monoisotopic (exact) mass is 245 g/mol. The first-order chi connectivity index (χ1) is 7.25. The van der Waals surface area contributed by atoms with Crippen molar-refractivity contribution < 1.29 is 10.1 Å². The van der Waals surface area contributed by atoms with Crippen LogP contribution in [0.25, 0.3) is 0 Å². The van der Waals surface area contributed by atoms with Crippen molar-refractivity contribution in [2.45, 2.75) is 41.8 Å². The molecule has 0 spiro atoms. The van der Waals surface area contributed by atoms with Gasteiger partial charge in [-0.2, -0.15) is 0 Å². The molecule has 0 aromatic carbocycles. The Kier molecular flexibility index (Phi) is 2.75. The van der Waals surface area contributed by atoms with Crippen LogP contribution < -0.4 is 11.1 Å². The summed E-state index contributed by atoms with van der Waals surface area (Å²) in [6.45, 7) is 0. The molecule has 0 amide bonds. The number of rotatable bonds is 0. The summed E-state index contributed by atoms with van der Waals surface area (Å²) in [5.74, 6) is 0.933. The van der Waals surface area contributed by atoms with Crippen LogP contribution in [0, 0.1) is 11.8 Å². The van der Waals surface area contributed by atoms with Gasteiger partial charge in [-0.05, 0) is 30.5 Å². The lowest BCUT2D eigenvalue weighted by molar-refractivity contribution is -0.685. The van der Waals surface area contributed by atoms with Gasteiger partial charge in [-0.3, -0.25) is 10.5 Å². The molecule has 3 fully saturated rings. The Morgan fingerprint density at radius 3 is 3.00 bits per heavy atom. The van der Waals surface area contributed by atoms with E-state index in [4.69, 9.17) is 5.73 Å². The van der Waals surface area contributed by atoms with Gasteiger partial charge in [-0.25, -0.2) is 0 Å². The summed E-state index contributed by atoms with van der Waals surface area (Å²) in [5.41, 5.74) is 5.78. The van der Waals surface area contributed by atoms with Gasteiger partial charge >= 0.3 is 0 Å². The minimum absolute atomic E-state index is 0.0635. The maximum absolute atomic E-state index is 12.0. The van der Waals surface area contributed by atoms with E-state index >= 15 is 0 Å². The maximum atomic E-state index is 12.0. The molecule has 3 rings (SSSR count). The minimum atomic E-state index is -0.0635. The van der Waals surface area contributed by atoms with Crippen molar-refractivity contribution in [3.8, 4) is 0 Å². The molecular formula is C10H17N2OS2+. The Hall–Kier alpha value is 0.290. The van der Waals surface area contributed by atoms with E-state index in [2.05, 4.69) is 5.32 Å². The fourth-order valence-corrected chi connectivity index (χ4v) is 6.30. The van der Waals surface area contributed by atoms with E-state index in [-0.39, 0.29) is 11.4 Å². The molecule has 2 saturated heterocycles. The molecular weight excluding hydrogens is 228 g/mol. The number of carbonyl (C=O) groups is 1. The summed E-state index contributed by atoms with van der Waals surface area (Å²) >= 11 is 3.36. The normalized spacial score (nSPS) is 49.9. The second-order valence-electron chi connectivity index (χ2n) is 4.71. The zero-order valence-corrected chi connectivity index (χ0v) is 10.2. The van der Waals surface area contributed by atoms with Crippen molar-refractivity contribution in [3.63, 3.8) is 0 Å². The molecule has 5 heteroatoms. The molecule has 1 saturated carbocycles. The molecule has 15 heavy (non-hydrogen) atoms. The van der Waals surface area contributed by atoms with E-state index in [0.29, 0.717) is 16.4 Å². The van der Waals surface area contributed by atoms with E-state index in [1.165, 1.54) is 37.4 Å². The predicted molar refractivity (Wildman–Crippen MR) is 63.1 cm³/mol. The number of hydrogen-bond donors (Lipinski definition) is 2. The van der Waals surface area contributed by atoms with Crippen LogP contribution in [-0.4, -0.2) is 21.2 Å². The highest BCUT2D eigenvalue weighted by atomic mass is 32.2. The van der Waals surface area contributed by atoms with Crippen molar-refractivity contribution >= 4 is 28.6 Å². The Balaban J connectivity index is 1.82. The first kappa shape index (κ1) is 10.4. The van der Waals surface area contributed by atoms with Gasteiger partial charge in [0.25, 0.3) is 0 Å². The second-order valence-corrected chi connectivity index (χ2v) is 7.31. The molecule has 1 aliphatic carbocycles. The zero-order chi connectivity index (χ0) is 10.4. The molecule has 0 aromatic rings. The predicted octanol–water partition coefficient (Wildman–Crippen LogP) is 0.313. The number of quaternary nitrogens is 1. The van der Waals surface area contributed by atoms with Crippen molar-refractivity contribution in [1.82, 2.24) is 0 Å². The van der Waals surface area contributed by atoms with Gasteiger partial charge in [0.1, 0.15) is 5.37 Å². The molecule has 5 atom stereocenters. The lowest BCUT2D eigenvalue weighted by Crippen LogP contribution is -2.98. The smallest absolute Gasteiger partial charge is 0.206 e. The molecule has 2 heterocycles. The molecule has 3 nitrogen and oxygen atoms in total. The maximum Gasteiger partial charge on any atom is 0.206 e. The zero-order valence-electron chi connectivity index (χ0n) is 8.59. The number of hydrogen-bond acceptors (Lipinski definition) is 4. The Morgan fingerprint density at radius 1 is 1.33 bits per heavy atom. The highest BCUT2D eigenvalue weighted by Crippen LogP contribution is 2.50. The third kappa shape index (κ3) is 1.73. The van der Waals surface area contributed by atoms with Gasteiger partial charge in [-0.15, -0.1) is 0 Å². The molecule has 0 aromatic heterocycles. The Bertz CT molecular complexity index is 287. The van der Waals surface area contributed by atoms with Gasteiger partial charge in [0.15, 0.2) is 5.50 Å². The van der Waals surface area contributed by atoms with E-state index in [1.54, 1.807) is 0 Å². The van der Waals surface area contributed by atoms with E-state index in [0.717, 1.165) is 5.25 Å². The number of thioether (sulfide) groups is 2. The van der Waals surface area contributed by atoms with Crippen LogP contribution in [0.3, 0.4) is 0 Å². The number of carbonyl (C=O) groups excluding carboxylic acids is 1. The molecule has 4 N–H and O–H groups in total. The van der Waals surface area contributed by atoms with Crippen LogP contribution in [0.1, 0.15) is 25.7 Å². The molecule has 2 aliphatic heterocycles. The van der Waals surface area contributed by atoms with Gasteiger partial charge in [0, 0.05) is 5.25 Å². The van der Waals surface area contributed by atoms with E-state index in [9.17, 15) is 4.79 Å². The summed E-state index contributed by atoms with van der Waals surface area (Å²) in [7, 11) is 0. The van der Waals surface area contributed by atoms with Gasteiger partial charge < -0.3 is 5.32 Å². The molecule has 0 radical (unpaired) electrons. The van der Waals surface area contributed by atoms with Crippen molar-refractivity contribution in [2.75, 3.05) is 0 Å². The Morgan fingerprint density at radius 2 is 2.13 bits per heavy atom. The van der Waals surface area contributed by atoms with E-state index in [1.807, 2.05) is 11.8 Å². The second kappa shape index (κ2) is 3.95. The summed E-state index contributed by atoms with van der Waals surface area (Å²) in [6, 6.07) is 0. The third-order valence-electron chi connectivity index (χ3n) is 3.80. The van der Waals surface area contributed by atoms with Crippen LogP contribution in [-0.2, 0) is 4.79 Å². The highest BCUT2D eigenvalue weighted by molar-refractivity contribution is 8.14. The SMILES string of the molecule is NC1[NH2+]C2SC3CCCCC3C2C(=O)S1. The average Bonchev–Trinajstić information content (AvgIpc) is 2.54. The third-order valence-corrected chi connectivity index (χ3v) is 6.44. The van der Waals surface area contributed by atoms with E-state index < -0.39 is 0 Å². The fraction of sp³-hybridized carbons (Fsp3) is 0.900. The summed E-state index contributed by atoms with van der Waals surface area (Å²) in [4.78, 5) is 12.0. The molecule has 5 unspecified atom stereocenters. The molecule has 84 valence electrons. The number of nitrogens with two attached hydrogens (primary N) is 2. The standard InChI is InChI=1S/C10H16N2OS2/c11-10-12-8-7(9(13)15-10)5-3-1-2-4-6(5)14-8/h5-8,10,12H,1-4,11H2/p+1. The lowest BCUT2D eigenvalue weighted by atomic mass is 9.80.